The van der Waals surface area contributed by atoms with Crippen LogP contribution in [0.5, 0.6) is 0 Å². The molecule has 2 aromatic rings. The van der Waals surface area contributed by atoms with E-state index in [0.29, 0.717) is 21.4 Å². The summed E-state index contributed by atoms with van der Waals surface area (Å²) in [6, 6.07) is 9.84. The van der Waals surface area contributed by atoms with Gasteiger partial charge in [0.2, 0.25) is 0 Å². The number of pyridine rings is 1. The van der Waals surface area contributed by atoms with Gasteiger partial charge in [0.1, 0.15) is 4.60 Å². The second-order valence-corrected chi connectivity index (χ2v) is 4.62. The molecule has 20 heavy (non-hydrogen) atoms. The molecule has 1 aromatic carbocycles. The zero-order valence-electron chi connectivity index (χ0n) is 10.6. The summed E-state index contributed by atoms with van der Waals surface area (Å²) < 4.78 is 5.09. The fraction of sp³-hybridized carbons (Fsp3) is 0.0714. The fourth-order valence-corrected chi connectivity index (χ4v) is 2.03. The molecule has 0 bridgehead atoms. The molecule has 1 N–H and O–H groups in total. The van der Waals surface area contributed by atoms with E-state index in [1.165, 1.54) is 7.11 Å². The first-order valence-electron chi connectivity index (χ1n) is 5.72. The van der Waals surface area contributed by atoms with Crippen molar-refractivity contribution in [2.24, 2.45) is 0 Å². The number of hydrogen-bond acceptors (Lipinski definition) is 4. The summed E-state index contributed by atoms with van der Waals surface area (Å²) >= 11 is 3.21. The molecule has 0 saturated heterocycles. The molecule has 0 atom stereocenters. The molecule has 0 fully saturated rings. The first kappa shape index (κ1) is 14.2. The summed E-state index contributed by atoms with van der Waals surface area (Å²) in [7, 11) is 1.31. The highest BCUT2D eigenvalue weighted by molar-refractivity contribution is 9.10. The Bertz CT molecular complexity index is 658. The Kier molecular flexibility index (Phi) is 4.47. The number of aromatic nitrogens is 1. The minimum absolute atomic E-state index is 0.313. The second-order valence-electron chi connectivity index (χ2n) is 3.87. The molecule has 1 aromatic heterocycles. The van der Waals surface area contributed by atoms with Gasteiger partial charge in [0.15, 0.2) is 0 Å². The van der Waals surface area contributed by atoms with E-state index in [1.807, 2.05) is 0 Å². The highest BCUT2D eigenvalue weighted by Gasteiger charge is 2.12. The van der Waals surface area contributed by atoms with Crippen LogP contribution in [0.3, 0.4) is 0 Å². The number of nitrogens with one attached hydrogen (secondary N) is 1. The Morgan fingerprint density at radius 2 is 2.05 bits per heavy atom. The Hall–Kier alpha value is -2.21. The highest BCUT2D eigenvalue weighted by Crippen LogP contribution is 2.16. The van der Waals surface area contributed by atoms with Gasteiger partial charge < -0.3 is 10.1 Å². The summed E-state index contributed by atoms with van der Waals surface area (Å²) in [5.74, 6) is -0.768. The molecular weight excluding hydrogens is 324 g/mol. The number of halogens is 1. The van der Waals surface area contributed by atoms with Gasteiger partial charge in [-0.1, -0.05) is 6.07 Å². The van der Waals surface area contributed by atoms with Crippen molar-refractivity contribution in [3.63, 3.8) is 0 Å². The minimum Gasteiger partial charge on any atom is -0.465 e. The second kappa shape index (κ2) is 6.29. The lowest BCUT2D eigenvalue weighted by Crippen LogP contribution is -2.13. The molecule has 1 amide bonds. The van der Waals surface area contributed by atoms with Crippen LogP contribution < -0.4 is 5.32 Å². The average Bonchev–Trinajstić information content (AvgIpc) is 2.47. The van der Waals surface area contributed by atoms with Crippen molar-refractivity contribution < 1.29 is 14.3 Å². The maximum atomic E-state index is 12.1. The van der Waals surface area contributed by atoms with Crippen molar-refractivity contribution in [3.8, 4) is 0 Å². The lowest BCUT2D eigenvalue weighted by Gasteiger charge is -2.07. The SMILES string of the molecule is COC(=O)c1cccc(NC(=O)c2cccnc2Br)c1. The normalized spacial score (nSPS) is 9.90. The quantitative estimate of drug-likeness (QED) is 0.692. The zero-order valence-corrected chi connectivity index (χ0v) is 12.2. The summed E-state index contributed by atoms with van der Waals surface area (Å²) in [6.07, 6.45) is 1.58. The van der Waals surface area contributed by atoms with Gasteiger partial charge in [-0.15, -0.1) is 0 Å². The van der Waals surface area contributed by atoms with Gasteiger partial charge in [0.25, 0.3) is 5.91 Å². The molecule has 0 spiro atoms. The molecule has 0 aliphatic carbocycles. The van der Waals surface area contributed by atoms with Crippen molar-refractivity contribution in [1.29, 1.82) is 0 Å². The van der Waals surface area contributed by atoms with Crippen molar-refractivity contribution >= 4 is 33.5 Å². The summed E-state index contributed by atoms with van der Waals surface area (Å²) in [6.45, 7) is 0. The molecule has 5 nitrogen and oxygen atoms in total. The summed E-state index contributed by atoms with van der Waals surface area (Å²) in [5, 5.41) is 2.70. The molecule has 0 radical (unpaired) electrons. The number of nitrogens with zero attached hydrogens (tertiary/aromatic N) is 1. The fourth-order valence-electron chi connectivity index (χ4n) is 1.60. The van der Waals surface area contributed by atoms with E-state index in [9.17, 15) is 9.59 Å². The molecule has 102 valence electrons. The third-order valence-corrected chi connectivity index (χ3v) is 3.18. The van der Waals surface area contributed by atoms with Crippen LogP contribution in [0.2, 0.25) is 0 Å². The third-order valence-electron chi connectivity index (χ3n) is 2.55. The van der Waals surface area contributed by atoms with Gasteiger partial charge in [-0.3, -0.25) is 4.79 Å². The van der Waals surface area contributed by atoms with Gasteiger partial charge in [0, 0.05) is 11.9 Å². The summed E-state index contributed by atoms with van der Waals surface area (Å²) in [5.41, 5.74) is 1.29. The maximum Gasteiger partial charge on any atom is 0.337 e. The molecular formula is C14H11BrN2O3. The first-order valence-corrected chi connectivity index (χ1v) is 6.51. The van der Waals surface area contributed by atoms with Crippen LogP contribution >= 0.6 is 15.9 Å². The monoisotopic (exact) mass is 334 g/mol. The Labute approximate surface area is 124 Å². The van der Waals surface area contributed by atoms with Crippen LogP contribution in [0, 0.1) is 0 Å². The van der Waals surface area contributed by atoms with Crippen LogP contribution in [-0.4, -0.2) is 24.0 Å². The number of anilines is 1. The van der Waals surface area contributed by atoms with Gasteiger partial charge in [0.05, 0.1) is 18.2 Å². The van der Waals surface area contributed by atoms with E-state index in [1.54, 1.807) is 42.6 Å². The standard InChI is InChI=1S/C14H11BrN2O3/c1-20-14(19)9-4-2-5-10(8-9)17-13(18)11-6-3-7-16-12(11)15/h2-8H,1H3,(H,17,18). The predicted molar refractivity (Wildman–Crippen MR) is 77.7 cm³/mol. The Morgan fingerprint density at radius 3 is 2.75 bits per heavy atom. The topological polar surface area (TPSA) is 68.3 Å². The number of esters is 1. The number of benzene rings is 1. The van der Waals surface area contributed by atoms with E-state index in [-0.39, 0.29) is 5.91 Å². The van der Waals surface area contributed by atoms with Crippen LogP contribution in [0.1, 0.15) is 20.7 Å². The van der Waals surface area contributed by atoms with Crippen molar-refractivity contribution in [3.05, 3.63) is 58.3 Å². The molecule has 0 aliphatic heterocycles. The first-order chi connectivity index (χ1) is 9.61. The third kappa shape index (κ3) is 3.21. The number of rotatable bonds is 3. The number of amides is 1. The molecule has 2 rings (SSSR count). The molecule has 0 unspecified atom stereocenters. The lowest BCUT2D eigenvalue weighted by molar-refractivity contribution is 0.0600. The molecule has 6 heteroatoms. The number of carbonyl (C=O) groups excluding carboxylic acids is 2. The number of carbonyl (C=O) groups is 2. The van der Waals surface area contributed by atoms with Crippen LogP contribution in [0.25, 0.3) is 0 Å². The highest BCUT2D eigenvalue weighted by atomic mass is 79.9. The Balaban J connectivity index is 2.20. The maximum absolute atomic E-state index is 12.1. The van der Waals surface area contributed by atoms with Crippen molar-refractivity contribution in [2.45, 2.75) is 0 Å². The number of hydrogen-bond donors (Lipinski definition) is 1. The molecule has 0 saturated carbocycles. The van der Waals surface area contributed by atoms with Crippen LogP contribution in [0.15, 0.2) is 47.2 Å². The van der Waals surface area contributed by atoms with Gasteiger partial charge in [-0.25, -0.2) is 9.78 Å². The van der Waals surface area contributed by atoms with E-state index in [0.717, 1.165) is 0 Å². The number of ether oxygens (including phenoxy) is 1. The number of methoxy groups -OCH3 is 1. The predicted octanol–water partition coefficient (Wildman–Crippen LogP) is 2.88. The van der Waals surface area contributed by atoms with Crippen molar-refractivity contribution in [2.75, 3.05) is 12.4 Å². The van der Waals surface area contributed by atoms with Crippen LogP contribution in [0.4, 0.5) is 5.69 Å². The summed E-state index contributed by atoms with van der Waals surface area (Å²) in [4.78, 5) is 27.5. The van der Waals surface area contributed by atoms with E-state index in [4.69, 9.17) is 0 Å². The smallest absolute Gasteiger partial charge is 0.337 e. The largest absolute Gasteiger partial charge is 0.465 e. The zero-order chi connectivity index (χ0) is 14.5. The van der Waals surface area contributed by atoms with Gasteiger partial charge in [-0.2, -0.15) is 0 Å². The van der Waals surface area contributed by atoms with Crippen LogP contribution in [-0.2, 0) is 4.74 Å². The van der Waals surface area contributed by atoms with E-state index >= 15 is 0 Å². The average molecular weight is 335 g/mol. The Morgan fingerprint density at radius 1 is 1.25 bits per heavy atom. The molecule has 1 heterocycles. The van der Waals surface area contributed by atoms with E-state index < -0.39 is 5.97 Å². The van der Waals surface area contributed by atoms with Gasteiger partial charge in [-0.05, 0) is 46.3 Å². The van der Waals surface area contributed by atoms with Gasteiger partial charge >= 0.3 is 5.97 Å². The lowest BCUT2D eigenvalue weighted by atomic mass is 10.2. The molecule has 0 aliphatic rings. The van der Waals surface area contributed by atoms with E-state index in [2.05, 4.69) is 31.0 Å². The van der Waals surface area contributed by atoms with Crippen molar-refractivity contribution in [1.82, 2.24) is 4.98 Å². The minimum atomic E-state index is -0.455.